The number of furan rings is 1. The van der Waals surface area contributed by atoms with Gasteiger partial charge in [0.1, 0.15) is 6.17 Å². The van der Waals surface area contributed by atoms with Crippen molar-refractivity contribution in [2.24, 2.45) is 4.99 Å². The summed E-state index contributed by atoms with van der Waals surface area (Å²) in [6, 6.07) is 5.54. The molecule has 0 amide bonds. The van der Waals surface area contributed by atoms with Gasteiger partial charge in [0.05, 0.1) is 18.3 Å². The highest BCUT2D eigenvalue weighted by atomic mass is 19.1. The summed E-state index contributed by atoms with van der Waals surface area (Å²) in [5.41, 5.74) is 5.84. The van der Waals surface area contributed by atoms with Crippen molar-refractivity contribution in [3.8, 4) is 11.1 Å². The predicted octanol–water partition coefficient (Wildman–Crippen LogP) is 5.20. The third kappa shape index (κ3) is 4.24. The zero-order valence-electron chi connectivity index (χ0n) is 19.6. The second-order valence-corrected chi connectivity index (χ2v) is 8.60. The molecule has 3 aromatic heterocycles. The molecule has 5 rings (SSSR count). The number of aliphatic imine (C=N–C) groups is 1. The Hall–Kier alpha value is -3.78. The number of benzene rings is 1. The first-order valence-electron chi connectivity index (χ1n) is 11.4. The van der Waals surface area contributed by atoms with E-state index in [9.17, 15) is 4.39 Å². The summed E-state index contributed by atoms with van der Waals surface area (Å²) in [6.07, 6.45) is 10.9. The van der Waals surface area contributed by atoms with Crippen LogP contribution in [-0.2, 0) is 6.54 Å². The number of pyridine rings is 1. The molecule has 2 atom stereocenters. The van der Waals surface area contributed by atoms with Gasteiger partial charge in [0.15, 0.2) is 11.4 Å². The third-order valence-electron chi connectivity index (χ3n) is 6.08. The molecule has 0 saturated heterocycles. The van der Waals surface area contributed by atoms with Crippen LogP contribution in [0.1, 0.15) is 43.5 Å². The minimum Gasteiger partial charge on any atom is -0.461 e. The van der Waals surface area contributed by atoms with Crippen LogP contribution in [0.3, 0.4) is 0 Å². The number of hydrogen-bond donors (Lipinski definition) is 2. The number of aromatic nitrogens is 3. The van der Waals surface area contributed by atoms with Gasteiger partial charge in [0.25, 0.3) is 0 Å². The number of halogens is 1. The van der Waals surface area contributed by atoms with E-state index in [4.69, 9.17) is 4.42 Å². The van der Waals surface area contributed by atoms with E-state index in [1.165, 1.54) is 6.07 Å². The zero-order valence-corrected chi connectivity index (χ0v) is 19.6. The van der Waals surface area contributed by atoms with Crippen LogP contribution >= 0.6 is 0 Å². The minimum absolute atomic E-state index is 0.0128. The summed E-state index contributed by atoms with van der Waals surface area (Å²) in [6.45, 7) is 8.77. The molecule has 0 aliphatic carbocycles. The van der Waals surface area contributed by atoms with E-state index in [0.29, 0.717) is 0 Å². The Morgan fingerprint density at radius 1 is 1.15 bits per heavy atom. The van der Waals surface area contributed by atoms with Gasteiger partial charge in [-0.25, -0.2) is 9.38 Å². The van der Waals surface area contributed by atoms with Crippen LogP contribution in [0, 0.1) is 12.7 Å². The molecule has 8 heteroatoms. The number of amidine groups is 1. The predicted molar refractivity (Wildman–Crippen MR) is 132 cm³/mol. The zero-order chi connectivity index (χ0) is 23.8. The topological polar surface area (TPSA) is 80.3 Å². The van der Waals surface area contributed by atoms with E-state index < -0.39 is 0 Å². The lowest BCUT2D eigenvalue weighted by molar-refractivity contribution is 0.519. The van der Waals surface area contributed by atoms with Crippen molar-refractivity contribution in [3.05, 3.63) is 77.8 Å². The molecular weight excluding hydrogens is 431 g/mol. The Morgan fingerprint density at radius 2 is 2.00 bits per heavy atom. The van der Waals surface area contributed by atoms with Gasteiger partial charge in [-0.2, -0.15) is 5.10 Å². The number of aryl methyl sites for hydroxylation is 2. The van der Waals surface area contributed by atoms with Crippen molar-refractivity contribution in [1.82, 2.24) is 25.4 Å². The van der Waals surface area contributed by atoms with E-state index in [2.05, 4.69) is 45.6 Å². The Balaban J connectivity index is 1.39. The summed E-state index contributed by atoms with van der Waals surface area (Å²) < 4.78 is 21.9. The SMILES string of the molecule is CCn1cc(-c2cncc(C(C)NC3C=C(c4cc(F)c5occ(C)c5c4)NC(C)=N3)c2)cn1. The minimum atomic E-state index is -0.379. The Kier molecular flexibility index (Phi) is 5.75. The Labute approximate surface area is 197 Å². The Morgan fingerprint density at radius 3 is 2.79 bits per heavy atom. The van der Waals surface area contributed by atoms with Crippen molar-refractivity contribution >= 4 is 22.5 Å². The van der Waals surface area contributed by atoms with Crippen molar-refractivity contribution < 1.29 is 8.81 Å². The largest absolute Gasteiger partial charge is 0.461 e. The summed E-state index contributed by atoms with van der Waals surface area (Å²) in [4.78, 5) is 9.12. The van der Waals surface area contributed by atoms with Gasteiger partial charge < -0.3 is 9.73 Å². The highest BCUT2D eigenvalue weighted by molar-refractivity contribution is 5.93. The first-order valence-corrected chi connectivity index (χ1v) is 11.4. The van der Waals surface area contributed by atoms with Gasteiger partial charge in [-0.05, 0) is 63.1 Å². The molecule has 0 bridgehead atoms. The smallest absolute Gasteiger partial charge is 0.169 e. The molecule has 4 heterocycles. The van der Waals surface area contributed by atoms with E-state index in [1.54, 1.807) is 6.26 Å². The van der Waals surface area contributed by atoms with Crippen LogP contribution in [0.4, 0.5) is 4.39 Å². The summed E-state index contributed by atoms with van der Waals surface area (Å²) in [5, 5.41) is 11.9. The molecular formula is C26H27FN6O. The number of nitrogens with one attached hydrogen (secondary N) is 2. The van der Waals surface area contributed by atoms with Crippen LogP contribution in [0.5, 0.6) is 0 Å². The lowest BCUT2D eigenvalue weighted by Crippen LogP contribution is -2.35. The van der Waals surface area contributed by atoms with E-state index in [0.717, 1.165) is 51.3 Å². The van der Waals surface area contributed by atoms with Crippen LogP contribution in [0.25, 0.3) is 27.8 Å². The molecule has 0 fully saturated rings. The van der Waals surface area contributed by atoms with E-state index in [-0.39, 0.29) is 23.6 Å². The fraction of sp³-hybridized carbons (Fsp3) is 0.269. The summed E-state index contributed by atoms with van der Waals surface area (Å²) in [5.74, 6) is 0.376. The maximum Gasteiger partial charge on any atom is 0.169 e. The number of nitrogens with zero attached hydrogens (tertiary/aromatic N) is 4. The normalized spacial score (nSPS) is 16.8. The third-order valence-corrected chi connectivity index (χ3v) is 6.08. The van der Waals surface area contributed by atoms with Crippen LogP contribution < -0.4 is 10.6 Å². The van der Waals surface area contributed by atoms with Crippen LogP contribution in [0.15, 0.2) is 64.7 Å². The van der Waals surface area contributed by atoms with Gasteiger partial charge in [0.2, 0.25) is 0 Å². The summed E-state index contributed by atoms with van der Waals surface area (Å²) >= 11 is 0. The van der Waals surface area contributed by atoms with Crippen molar-refractivity contribution in [2.45, 2.75) is 46.4 Å². The number of rotatable bonds is 6. The fourth-order valence-electron chi connectivity index (χ4n) is 4.19. The van der Waals surface area contributed by atoms with Gasteiger partial charge in [0, 0.05) is 59.0 Å². The maximum atomic E-state index is 14.6. The first-order chi connectivity index (χ1) is 16.4. The molecule has 4 aromatic rings. The van der Waals surface area contributed by atoms with Crippen molar-refractivity contribution in [2.75, 3.05) is 0 Å². The average molecular weight is 459 g/mol. The van der Waals surface area contributed by atoms with Crippen molar-refractivity contribution in [3.63, 3.8) is 0 Å². The van der Waals surface area contributed by atoms with Gasteiger partial charge in [-0.1, -0.05) is 0 Å². The average Bonchev–Trinajstić information content (AvgIpc) is 3.46. The van der Waals surface area contributed by atoms with Gasteiger partial charge in [-0.15, -0.1) is 0 Å². The monoisotopic (exact) mass is 458 g/mol. The molecule has 1 aromatic carbocycles. The lowest BCUT2D eigenvalue weighted by atomic mass is 10.0. The molecule has 0 saturated carbocycles. The molecule has 1 aliphatic rings. The molecule has 2 N–H and O–H groups in total. The number of fused-ring (bicyclic) bond motifs is 1. The standard InChI is InChI=1S/C26H27FN6O/c1-5-33-13-21(12-29-33)20-6-19(10-28-11-20)16(3)30-25-9-24(31-17(4)32-25)18-7-22-15(2)14-34-26(22)23(27)8-18/h6-14,16,25,30H,5H2,1-4H3,(H,31,32). The van der Waals surface area contributed by atoms with Crippen LogP contribution in [0.2, 0.25) is 0 Å². The van der Waals surface area contributed by atoms with E-state index >= 15 is 0 Å². The highest BCUT2D eigenvalue weighted by Gasteiger charge is 2.19. The Bertz CT molecular complexity index is 1420. The van der Waals surface area contributed by atoms with Crippen molar-refractivity contribution in [1.29, 1.82) is 0 Å². The molecule has 7 nitrogen and oxygen atoms in total. The molecule has 0 radical (unpaired) electrons. The van der Waals surface area contributed by atoms with E-state index in [1.807, 2.05) is 55.5 Å². The number of hydrogen-bond acceptors (Lipinski definition) is 6. The second-order valence-electron chi connectivity index (χ2n) is 8.60. The van der Waals surface area contributed by atoms with Gasteiger partial charge >= 0.3 is 0 Å². The molecule has 34 heavy (non-hydrogen) atoms. The lowest BCUT2D eigenvalue weighted by Gasteiger charge is -2.25. The second kappa shape index (κ2) is 8.87. The quantitative estimate of drug-likeness (QED) is 0.415. The fourth-order valence-corrected chi connectivity index (χ4v) is 4.19. The molecule has 0 spiro atoms. The van der Waals surface area contributed by atoms with Gasteiger partial charge in [-0.3, -0.25) is 15.0 Å². The molecule has 1 aliphatic heterocycles. The molecule has 174 valence electrons. The highest BCUT2D eigenvalue weighted by Crippen LogP contribution is 2.29. The first kappa shape index (κ1) is 22.0. The summed E-state index contributed by atoms with van der Waals surface area (Å²) in [7, 11) is 0. The molecule has 2 unspecified atom stereocenters. The van der Waals surface area contributed by atoms with Crippen LogP contribution in [-0.4, -0.2) is 26.8 Å². The maximum absolute atomic E-state index is 14.6.